The maximum Gasteiger partial charge on any atom is 0.157 e. The molecule has 3 rings (SSSR count). The van der Waals surface area contributed by atoms with E-state index < -0.39 is 0 Å². The average Bonchev–Trinajstić information content (AvgIpc) is 2.42. The SMILES string of the molecule is Nc1ccc(O)cc1C1NCCc2cc(O)c(O)cc21. The predicted octanol–water partition coefficient (Wildman–Crippen LogP) is 1.62. The number of fused-ring (bicyclic) bond motifs is 1. The fourth-order valence-corrected chi connectivity index (χ4v) is 2.67. The van der Waals surface area contributed by atoms with Gasteiger partial charge in [0.2, 0.25) is 0 Å². The zero-order valence-corrected chi connectivity index (χ0v) is 10.8. The molecule has 0 aromatic heterocycles. The van der Waals surface area contributed by atoms with Gasteiger partial charge in [-0.05, 0) is 47.9 Å². The summed E-state index contributed by atoms with van der Waals surface area (Å²) in [4.78, 5) is 0. The molecule has 0 radical (unpaired) electrons. The highest BCUT2D eigenvalue weighted by atomic mass is 16.3. The van der Waals surface area contributed by atoms with Crippen molar-refractivity contribution in [3.63, 3.8) is 0 Å². The van der Waals surface area contributed by atoms with Crippen LogP contribution in [0.15, 0.2) is 30.3 Å². The van der Waals surface area contributed by atoms with Crippen molar-refractivity contribution in [1.29, 1.82) is 0 Å². The number of hydrogen-bond acceptors (Lipinski definition) is 5. The normalized spacial score (nSPS) is 17.7. The van der Waals surface area contributed by atoms with Crippen molar-refractivity contribution >= 4 is 5.69 Å². The largest absolute Gasteiger partial charge is 0.508 e. The molecular weight excluding hydrogens is 256 g/mol. The van der Waals surface area contributed by atoms with E-state index in [0.717, 1.165) is 29.7 Å². The number of benzene rings is 2. The van der Waals surface area contributed by atoms with Crippen molar-refractivity contribution in [1.82, 2.24) is 5.32 Å². The molecule has 0 bridgehead atoms. The number of rotatable bonds is 1. The Morgan fingerprint density at radius 1 is 1.00 bits per heavy atom. The van der Waals surface area contributed by atoms with Gasteiger partial charge in [0, 0.05) is 17.8 Å². The van der Waals surface area contributed by atoms with Crippen LogP contribution >= 0.6 is 0 Å². The van der Waals surface area contributed by atoms with Crippen molar-refractivity contribution in [3.05, 3.63) is 47.0 Å². The van der Waals surface area contributed by atoms with Crippen LogP contribution in [0.4, 0.5) is 5.69 Å². The molecule has 0 aliphatic carbocycles. The van der Waals surface area contributed by atoms with Gasteiger partial charge in [-0.15, -0.1) is 0 Å². The lowest BCUT2D eigenvalue weighted by molar-refractivity contribution is 0.400. The van der Waals surface area contributed by atoms with Crippen molar-refractivity contribution in [2.24, 2.45) is 0 Å². The van der Waals surface area contributed by atoms with E-state index in [9.17, 15) is 15.3 Å². The number of phenols is 3. The highest BCUT2D eigenvalue weighted by Crippen LogP contribution is 2.38. The molecule has 0 fully saturated rings. The first-order valence-corrected chi connectivity index (χ1v) is 6.43. The molecule has 6 N–H and O–H groups in total. The number of nitrogen functional groups attached to an aromatic ring is 1. The quantitative estimate of drug-likeness (QED) is 0.309. The maximum atomic E-state index is 9.71. The highest BCUT2D eigenvalue weighted by Gasteiger charge is 2.24. The zero-order valence-electron chi connectivity index (χ0n) is 10.8. The number of anilines is 1. The molecule has 2 aromatic carbocycles. The lowest BCUT2D eigenvalue weighted by Crippen LogP contribution is -2.31. The first-order chi connectivity index (χ1) is 9.56. The number of aromatic hydroxyl groups is 3. The van der Waals surface area contributed by atoms with Gasteiger partial charge in [0.05, 0.1) is 6.04 Å². The molecule has 5 heteroatoms. The number of phenolic OH excluding ortho intramolecular Hbond substituents is 3. The van der Waals surface area contributed by atoms with Crippen LogP contribution in [0.5, 0.6) is 17.2 Å². The monoisotopic (exact) mass is 272 g/mol. The number of hydrogen-bond donors (Lipinski definition) is 5. The molecule has 104 valence electrons. The Kier molecular flexibility index (Phi) is 2.91. The Balaban J connectivity index is 2.14. The Hall–Kier alpha value is -2.40. The van der Waals surface area contributed by atoms with Gasteiger partial charge in [-0.1, -0.05) is 0 Å². The number of nitrogens with two attached hydrogens (primary N) is 1. The Labute approximate surface area is 116 Å². The molecule has 0 amide bonds. The van der Waals surface area contributed by atoms with E-state index >= 15 is 0 Å². The second-order valence-corrected chi connectivity index (χ2v) is 4.99. The smallest absolute Gasteiger partial charge is 0.157 e. The van der Waals surface area contributed by atoms with Gasteiger partial charge in [-0.2, -0.15) is 0 Å². The van der Waals surface area contributed by atoms with Gasteiger partial charge in [-0.25, -0.2) is 0 Å². The van der Waals surface area contributed by atoms with E-state index in [0.29, 0.717) is 5.69 Å². The Morgan fingerprint density at radius 3 is 2.55 bits per heavy atom. The summed E-state index contributed by atoms with van der Waals surface area (Å²) in [5, 5.41) is 32.3. The van der Waals surface area contributed by atoms with Crippen molar-refractivity contribution in [3.8, 4) is 17.2 Å². The second kappa shape index (κ2) is 4.61. The van der Waals surface area contributed by atoms with Crippen LogP contribution in [-0.4, -0.2) is 21.9 Å². The molecule has 0 saturated carbocycles. The summed E-state index contributed by atoms with van der Waals surface area (Å²) in [6.45, 7) is 0.733. The molecule has 0 spiro atoms. The number of nitrogens with one attached hydrogen (secondary N) is 1. The van der Waals surface area contributed by atoms with E-state index in [1.54, 1.807) is 24.3 Å². The van der Waals surface area contributed by atoms with Gasteiger partial charge in [0.1, 0.15) is 5.75 Å². The van der Waals surface area contributed by atoms with E-state index in [-0.39, 0.29) is 23.3 Å². The van der Waals surface area contributed by atoms with Gasteiger partial charge in [0.25, 0.3) is 0 Å². The van der Waals surface area contributed by atoms with Gasteiger partial charge in [-0.3, -0.25) is 0 Å². The minimum absolute atomic E-state index is 0.117. The minimum atomic E-state index is -0.211. The average molecular weight is 272 g/mol. The van der Waals surface area contributed by atoms with E-state index in [4.69, 9.17) is 5.73 Å². The van der Waals surface area contributed by atoms with Crippen LogP contribution < -0.4 is 11.1 Å². The lowest BCUT2D eigenvalue weighted by atomic mass is 9.88. The summed E-state index contributed by atoms with van der Waals surface area (Å²) in [5.74, 6) is -0.129. The summed E-state index contributed by atoms with van der Waals surface area (Å²) in [7, 11) is 0. The molecule has 2 aromatic rings. The Morgan fingerprint density at radius 2 is 1.75 bits per heavy atom. The van der Waals surface area contributed by atoms with Crippen molar-refractivity contribution in [2.75, 3.05) is 12.3 Å². The first-order valence-electron chi connectivity index (χ1n) is 6.43. The summed E-state index contributed by atoms with van der Waals surface area (Å²) in [5.41, 5.74) is 9.14. The molecule has 0 saturated heterocycles. The topological polar surface area (TPSA) is 98.7 Å². The third-order valence-electron chi connectivity index (χ3n) is 3.67. The molecule has 1 heterocycles. The Bertz CT molecular complexity index is 670. The minimum Gasteiger partial charge on any atom is -0.508 e. The molecular formula is C15H16N2O3. The second-order valence-electron chi connectivity index (χ2n) is 4.99. The van der Waals surface area contributed by atoms with Gasteiger partial charge >= 0.3 is 0 Å². The van der Waals surface area contributed by atoms with Crippen LogP contribution in [0.2, 0.25) is 0 Å². The summed E-state index contributed by atoms with van der Waals surface area (Å²) in [6, 6.07) is 7.73. The van der Waals surface area contributed by atoms with Crippen molar-refractivity contribution < 1.29 is 15.3 Å². The van der Waals surface area contributed by atoms with Crippen LogP contribution in [-0.2, 0) is 6.42 Å². The molecule has 5 nitrogen and oxygen atoms in total. The molecule has 1 aliphatic heterocycles. The molecule has 20 heavy (non-hydrogen) atoms. The predicted molar refractivity (Wildman–Crippen MR) is 75.8 cm³/mol. The third kappa shape index (κ3) is 2.02. The first kappa shape index (κ1) is 12.6. The maximum absolute atomic E-state index is 9.71. The highest BCUT2D eigenvalue weighted by molar-refractivity contribution is 5.57. The zero-order chi connectivity index (χ0) is 14.3. The fraction of sp³-hybridized carbons (Fsp3) is 0.200. The molecule has 1 unspecified atom stereocenters. The summed E-state index contributed by atoms with van der Waals surface area (Å²) >= 11 is 0. The summed E-state index contributed by atoms with van der Waals surface area (Å²) in [6.07, 6.45) is 0.762. The van der Waals surface area contributed by atoms with E-state index in [2.05, 4.69) is 5.32 Å². The van der Waals surface area contributed by atoms with Crippen LogP contribution in [0, 0.1) is 0 Å². The summed E-state index contributed by atoms with van der Waals surface area (Å²) < 4.78 is 0. The van der Waals surface area contributed by atoms with Crippen molar-refractivity contribution in [2.45, 2.75) is 12.5 Å². The van der Waals surface area contributed by atoms with E-state index in [1.807, 2.05) is 0 Å². The lowest BCUT2D eigenvalue weighted by Gasteiger charge is -2.28. The van der Waals surface area contributed by atoms with Crippen LogP contribution in [0.1, 0.15) is 22.7 Å². The fourth-order valence-electron chi connectivity index (χ4n) is 2.67. The molecule has 1 aliphatic rings. The van der Waals surface area contributed by atoms with Gasteiger partial charge < -0.3 is 26.4 Å². The third-order valence-corrected chi connectivity index (χ3v) is 3.67. The van der Waals surface area contributed by atoms with Crippen LogP contribution in [0.3, 0.4) is 0 Å². The van der Waals surface area contributed by atoms with E-state index in [1.165, 1.54) is 6.07 Å². The van der Waals surface area contributed by atoms with Gasteiger partial charge in [0.15, 0.2) is 11.5 Å². The molecule has 1 atom stereocenters. The van der Waals surface area contributed by atoms with Crippen LogP contribution in [0.25, 0.3) is 0 Å². The standard InChI is InChI=1S/C15H16N2O3/c16-12-2-1-9(18)6-11(12)15-10-7-14(20)13(19)5-8(10)3-4-17-15/h1-2,5-7,15,17-20H,3-4,16H2.